The van der Waals surface area contributed by atoms with Crippen LogP contribution in [-0.4, -0.2) is 0 Å². The molecule has 0 aliphatic heterocycles. The molecular formula is C14H20. The van der Waals surface area contributed by atoms with Crippen LogP contribution in [0.3, 0.4) is 0 Å². The SMILES string of the molecule is CCCCC1Cc2ccccc2C1C. The van der Waals surface area contributed by atoms with Gasteiger partial charge in [-0.25, -0.2) is 0 Å². The molecule has 0 saturated carbocycles. The van der Waals surface area contributed by atoms with Gasteiger partial charge in [0.25, 0.3) is 0 Å². The first-order valence-corrected chi connectivity index (χ1v) is 5.90. The molecule has 1 aliphatic carbocycles. The predicted molar refractivity (Wildman–Crippen MR) is 61.6 cm³/mol. The fourth-order valence-corrected chi connectivity index (χ4v) is 2.70. The molecule has 0 saturated heterocycles. The van der Waals surface area contributed by atoms with Crippen LogP contribution in [0.15, 0.2) is 24.3 Å². The Hall–Kier alpha value is -0.780. The number of hydrogen-bond donors (Lipinski definition) is 0. The molecule has 1 aliphatic rings. The van der Waals surface area contributed by atoms with E-state index in [1.54, 1.807) is 11.1 Å². The largest absolute Gasteiger partial charge is 0.0654 e. The summed E-state index contributed by atoms with van der Waals surface area (Å²) in [5.41, 5.74) is 3.20. The van der Waals surface area contributed by atoms with Crippen molar-refractivity contribution < 1.29 is 0 Å². The average molecular weight is 188 g/mol. The minimum atomic E-state index is 0.790. The highest BCUT2D eigenvalue weighted by Crippen LogP contribution is 2.39. The Kier molecular flexibility index (Phi) is 2.90. The van der Waals surface area contributed by atoms with Crippen molar-refractivity contribution in [2.24, 2.45) is 5.92 Å². The summed E-state index contributed by atoms with van der Waals surface area (Å²) in [7, 11) is 0. The second-order valence-electron chi connectivity index (χ2n) is 4.59. The molecule has 76 valence electrons. The zero-order valence-electron chi connectivity index (χ0n) is 9.29. The maximum absolute atomic E-state index is 2.40. The maximum atomic E-state index is 2.40. The Morgan fingerprint density at radius 3 is 2.79 bits per heavy atom. The topological polar surface area (TPSA) is 0 Å². The number of benzene rings is 1. The summed E-state index contributed by atoms with van der Waals surface area (Å²) in [6.07, 6.45) is 5.45. The monoisotopic (exact) mass is 188 g/mol. The van der Waals surface area contributed by atoms with E-state index in [9.17, 15) is 0 Å². The standard InChI is InChI=1S/C14H20/c1-3-4-7-12-10-13-8-5-6-9-14(13)11(12)2/h5-6,8-9,11-12H,3-4,7,10H2,1-2H3. The van der Waals surface area contributed by atoms with Crippen LogP contribution in [0.2, 0.25) is 0 Å². The Morgan fingerprint density at radius 2 is 2.07 bits per heavy atom. The molecule has 0 nitrogen and oxygen atoms in total. The van der Waals surface area contributed by atoms with Gasteiger partial charge in [0, 0.05) is 0 Å². The van der Waals surface area contributed by atoms with Crippen molar-refractivity contribution >= 4 is 0 Å². The fraction of sp³-hybridized carbons (Fsp3) is 0.571. The van der Waals surface area contributed by atoms with Crippen LogP contribution in [0.1, 0.15) is 50.2 Å². The molecule has 2 unspecified atom stereocenters. The van der Waals surface area contributed by atoms with Crippen molar-refractivity contribution in [3.8, 4) is 0 Å². The maximum Gasteiger partial charge on any atom is -0.0156 e. The Balaban J connectivity index is 2.09. The molecule has 0 heterocycles. The highest BCUT2D eigenvalue weighted by atomic mass is 14.3. The summed E-state index contributed by atoms with van der Waals surface area (Å²) in [5.74, 6) is 1.70. The molecule has 1 aromatic rings. The van der Waals surface area contributed by atoms with Crippen molar-refractivity contribution in [2.75, 3.05) is 0 Å². The minimum Gasteiger partial charge on any atom is -0.0654 e. The van der Waals surface area contributed by atoms with Crippen LogP contribution in [0, 0.1) is 5.92 Å². The summed E-state index contributed by atoms with van der Waals surface area (Å²) in [6, 6.07) is 8.97. The molecule has 0 amide bonds. The number of rotatable bonds is 3. The van der Waals surface area contributed by atoms with Crippen LogP contribution in [0.4, 0.5) is 0 Å². The fourth-order valence-electron chi connectivity index (χ4n) is 2.70. The highest BCUT2D eigenvalue weighted by Gasteiger charge is 2.27. The number of fused-ring (bicyclic) bond motifs is 1. The summed E-state index contributed by atoms with van der Waals surface area (Å²) < 4.78 is 0. The summed E-state index contributed by atoms with van der Waals surface area (Å²) in [4.78, 5) is 0. The van der Waals surface area contributed by atoms with Crippen molar-refractivity contribution in [1.29, 1.82) is 0 Å². The van der Waals surface area contributed by atoms with Gasteiger partial charge in [-0.05, 0) is 35.8 Å². The first-order chi connectivity index (χ1) is 6.83. The molecule has 1 aromatic carbocycles. The van der Waals surface area contributed by atoms with Crippen LogP contribution in [-0.2, 0) is 6.42 Å². The van der Waals surface area contributed by atoms with E-state index in [2.05, 4.69) is 38.1 Å². The number of unbranched alkanes of at least 4 members (excludes halogenated alkanes) is 1. The lowest BCUT2D eigenvalue weighted by molar-refractivity contribution is 0.431. The first kappa shape index (κ1) is 9.76. The molecular weight excluding hydrogens is 168 g/mol. The smallest absolute Gasteiger partial charge is 0.0156 e. The third kappa shape index (κ3) is 1.70. The second-order valence-corrected chi connectivity index (χ2v) is 4.59. The normalized spacial score (nSPS) is 25.0. The molecule has 2 atom stereocenters. The zero-order chi connectivity index (χ0) is 9.97. The Morgan fingerprint density at radius 1 is 1.29 bits per heavy atom. The molecule has 0 fully saturated rings. The summed E-state index contributed by atoms with van der Waals surface area (Å²) in [5, 5.41) is 0. The molecule has 14 heavy (non-hydrogen) atoms. The summed E-state index contributed by atoms with van der Waals surface area (Å²) >= 11 is 0. The van der Waals surface area contributed by atoms with Gasteiger partial charge in [-0.15, -0.1) is 0 Å². The van der Waals surface area contributed by atoms with Gasteiger partial charge in [0.05, 0.1) is 0 Å². The molecule has 0 bridgehead atoms. The van der Waals surface area contributed by atoms with Crippen molar-refractivity contribution in [1.82, 2.24) is 0 Å². The van der Waals surface area contributed by atoms with Crippen molar-refractivity contribution in [3.63, 3.8) is 0 Å². The van der Waals surface area contributed by atoms with Gasteiger partial charge in [-0.3, -0.25) is 0 Å². The Bertz CT molecular complexity index is 301. The van der Waals surface area contributed by atoms with Crippen molar-refractivity contribution in [3.05, 3.63) is 35.4 Å². The third-order valence-corrected chi connectivity index (χ3v) is 3.66. The Labute approximate surface area is 87.3 Å². The molecule has 0 radical (unpaired) electrons. The van der Waals surface area contributed by atoms with Gasteiger partial charge in [-0.2, -0.15) is 0 Å². The van der Waals surface area contributed by atoms with Crippen LogP contribution >= 0.6 is 0 Å². The van der Waals surface area contributed by atoms with Crippen LogP contribution in [0.5, 0.6) is 0 Å². The molecule has 2 rings (SSSR count). The lowest BCUT2D eigenvalue weighted by atomic mass is 9.90. The van der Waals surface area contributed by atoms with Gasteiger partial charge >= 0.3 is 0 Å². The van der Waals surface area contributed by atoms with Gasteiger partial charge in [0.15, 0.2) is 0 Å². The highest BCUT2D eigenvalue weighted by molar-refractivity contribution is 5.35. The second kappa shape index (κ2) is 4.16. The van der Waals surface area contributed by atoms with Gasteiger partial charge < -0.3 is 0 Å². The van der Waals surface area contributed by atoms with E-state index in [-0.39, 0.29) is 0 Å². The van der Waals surface area contributed by atoms with Gasteiger partial charge in [0.1, 0.15) is 0 Å². The quantitative estimate of drug-likeness (QED) is 0.668. The average Bonchev–Trinajstić information content (AvgIpc) is 2.54. The summed E-state index contributed by atoms with van der Waals surface area (Å²) in [6.45, 7) is 4.68. The van der Waals surface area contributed by atoms with E-state index >= 15 is 0 Å². The van der Waals surface area contributed by atoms with E-state index in [4.69, 9.17) is 0 Å². The number of hydrogen-bond acceptors (Lipinski definition) is 0. The minimum absolute atomic E-state index is 0.790. The van der Waals surface area contributed by atoms with Crippen LogP contribution in [0.25, 0.3) is 0 Å². The van der Waals surface area contributed by atoms with E-state index in [1.165, 1.54) is 25.7 Å². The third-order valence-electron chi connectivity index (χ3n) is 3.66. The van der Waals surface area contributed by atoms with Gasteiger partial charge in [0.2, 0.25) is 0 Å². The predicted octanol–water partition coefficient (Wildman–Crippen LogP) is 4.15. The van der Waals surface area contributed by atoms with Gasteiger partial charge in [-0.1, -0.05) is 51.0 Å². The van der Waals surface area contributed by atoms with Crippen LogP contribution < -0.4 is 0 Å². The first-order valence-electron chi connectivity index (χ1n) is 5.90. The molecule has 0 spiro atoms. The van der Waals surface area contributed by atoms with E-state index in [1.807, 2.05) is 0 Å². The van der Waals surface area contributed by atoms with Crippen molar-refractivity contribution in [2.45, 2.75) is 45.4 Å². The molecule has 0 N–H and O–H groups in total. The molecule has 0 heteroatoms. The lowest BCUT2D eigenvalue weighted by Crippen LogP contribution is -2.03. The molecule has 0 aromatic heterocycles. The van der Waals surface area contributed by atoms with E-state index < -0.39 is 0 Å². The lowest BCUT2D eigenvalue weighted by Gasteiger charge is -2.14. The zero-order valence-corrected chi connectivity index (χ0v) is 9.29. The van der Waals surface area contributed by atoms with E-state index in [0.29, 0.717) is 0 Å². The van der Waals surface area contributed by atoms with E-state index in [0.717, 1.165) is 11.8 Å².